The van der Waals surface area contributed by atoms with Gasteiger partial charge in [0.15, 0.2) is 0 Å². The first-order chi connectivity index (χ1) is 15.1. The van der Waals surface area contributed by atoms with E-state index >= 15 is 0 Å². The van der Waals surface area contributed by atoms with E-state index in [1.165, 1.54) is 5.56 Å². The highest BCUT2D eigenvalue weighted by atomic mass is 16.4. The van der Waals surface area contributed by atoms with Gasteiger partial charge in [-0.15, -0.1) is 0 Å². The van der Waals surface area contributed by atoms with Crippen molar-refractivity contribution in [2.24, 2.45) is 0 Å². The highest BCUT2D eigenvalue weighted by molar-refractivity contribution is 5.66. The minimum atomic E-state index is -3.57. The summed E-state index contributed by atoms with van der Waals surface area (Å²) in [6, 6.07) is 10.1. The van der Waals surface area contributed by atoms with Crippen LogP contribution >= 0.6 is 0 Å². The van der Waals surface area contributed by atoms with Gasteiger partial charge in [-0.3, -0.25) is 9.59 Å². The Balaban J connectivity index is 0.000000383. The topological polar surface area (TPSA) is 74.6 Å². The molecule has 0 saturated carbocycles. The first-order valence-corrected chi connectivity index (χ1v) is 7.13. The molecule has 0 aliphatic rings. The Morgan fingerprint density at radius 1 is 0.958 bits per heavy atom. The zero-order valence-electron chi connectivity index (χ0n) is 21.9. The van der Waals surface area contributed by atoms with Crippen LogP contribution in [0.25, 0.3) is 0 Å². The molecule has 4 heteroatoms. The summed E-state index contributed by atoms with van der Waals surface area (Å²) in [5, 5.41) is 17.2. The predicted octanol–water partition coefficient (Wildman–Crippen LogP) is 4.19. The monoisotopic (exact) mass is 337 g/mol. The number of hydrogen-bond donors (Lipinski definition) is 2. The zero-order valence-corrected chi connectivity index (χ0v) is 12.9. The molecule has 4 nitrogen and oxygen atoms in total. The minimum Gasteiger partial charge on any atom is -0.481 e. The van der Waals surface area contributed by atoms with E-state index in [1.807, 2.05) is 30.3 Å². The highest BCUT2D eigenvalue weighted by Gasteiger charge is 1.97. The molecule has 2 aromatic carbocycles. The fourth-order valence-corrected chi connectivity index (χ4v) is 1.62. The molecule has 0 amide bonds. The molecular weight excluding hydrogens is 304 g/mol. The zero-order chi connectivity index (χ0) is 25.6. The van der Waals surface area contributed by atoms with Crippen LogP contribution in [0, 0.1) is 0 Å². The third-order valence-electron chi connectivity index (χ3n) is 2.66. The molecule has 2 aromatic rings. The third-order valence-corrected chi connectivity index (χ3v) is 2.66. The molecular formula is C20H24O4. The van der Waals surface area contributed by atoms with Crippen molar-refractivity contribution in [2.75, 3.05) is 0 Å². The molecule has 0 aliphatic carbocycles. The van der Waals surface area contributed by atoms with E-state index in [-0.39, 0.29) is 12.5 Å². The van der Waals surface area contributed by atoms with E-state index in [2.05, 4.69) is 0 Å². The second kappa shape index (κ2) is 11.9. The summed E-state index contributed by atoms with van der Waals surface area (Å²) in [6.45, 7) is 0. The minimum absolute atomic E-state index is 0.258. The van der Waals surface area contributed by atoms with Gasteiger partial charge in [0.2, 0.25) is 0 Å². The van der Waals surface area contributed by atoms with Gasteiger partial charge >= 0.3 is 11.9 Å². The van der Waals surface area contributed by atoms with Gasteiger partial charge < -0.3 is 10.2 Å². The molecule has 128 valence electrons. The number of benzene rings is 2. The van der Waals surface area contributed by atoms with Crippen LogP contribution in [0.15, 0.2) is 60.6 Å². The van der Waals surface area contributed by atoms with E-state index in [9.17, 15) is 9.59 Å². The Hall–Kier alpha value is -2.62. The molecule has 0 bridgehead atoms. The van der Waals surface area contributed by atoms with Gasteiger partial charge in [0, 0.05) is 21.0 Å². The maximum absolute atomic E-state index is 10.9. The van der Waals surface area contributed by atoms with Crippen LogP contribution in [0.2, 0.25) is 0 Å². The average Bonchev–Trinajstić information content (AvgIpc) is 2.67. The lowest BCUT2D eigenvalue weighted by Crippen LogP contribution is -1.95. The number of carbonyl (C=O) groups is 2. The molecule has 0 atom stereocenters. The summed E-state index contributed by atoms with van der Waals surface area (Å²) in [7, 11) is 0. The van der Waals surface area contributed by atoms with E-state index in [0.717, 1.165) is 25.0 Å². The Labute approximate surface area is 155 Å². The maximum Gasteiger partial charge on any atom is 0.303 e. The van der Waals surface area contributed by atoms with Gasteiger partial charge in [0.1, 0.15) is 0 Å². The van der Waals surface area contributed by atoms with E-state index < -0.39 is 48.7 Å². The number of carboxylic acid groups (broad SMARTS) is 2. The smallest absolute Gasteiger partial charge is 0.303 e. The van der Waals surface area contributed by atoms with Crippen molar-refractivity contribution in [3.05, 3.63) is 71.7 Å². The van der Waals surface area contributed by atoms with Crippen LogP contribution in [-0.4, -0.2) is 22.2 Å². The maximum atomic E-state index is 10.9. The first kappa shape index (κ1) is 9.62. The summed E-state index contributed by atoms with van der Waals surface area (Å²) < 4.78 is 67.7. The summed E-state index contributed by atoms with van der Waals surface area (Å²) in [4.78, 5) is 21.1. The number of hydrogen-bond acceptors (Lipinski definition) is 2. The van der Waals surface area contributed by atoms with Crippen LogP contribution in [0.3, 0.4) is 0 Å². The highest BCUT2D eigenvalue weighted by Crippen LogP contribution is 2.04. The van der Waals surface area contributed by atoms with Crippen LogP contribution in [0.4, 0.5) is 0 Å². The fraction of sp³-hybridized carbons (Fsp3) is 0.300. The summed E-state index contributed by atoms with van der Waals surface area (Å²) in [5.41, 5.74) is 0.410. The van der Waals surface area contributed by atoms with Gasteiger partial charge in [-0.25, -0.2) is 0 Å². The lowest BCUT2D eigenvalue weighted by atomic mass is 10.1. The fourth-order valence-electron chi connectivity index (χ4n) is 1.62. The van der Waals surface area contributed by atoms with E-state index in [4.69, 9.17) is 22.5 Å². The third kappa shape index (κ3) is 10.2. The van der Waals surface area contributed by atoms with Crippen LogP contribution < -0.4 is 0 Å². The number of aryl methyl sites for hydroxylation is 1. The Morgan fingerprint density at radius 2 is 1.62 bits per heavy atom. The molecule has 0 saturated heterocycles. The Morgan fingerprint density at radius 3 is 2.21 bits per heavy atom. The molecule has 24 heavy (non-hydrogen) atoms. The van der Waals surface area contributed by atoms with Gasteiger partial charge in [0.25, 0.3) is 0 Å². The van der Waals surface area contributed by atoms with Gasteiger partial charge in [0.05, 0.1) is 4.11 Å². The molecule has 2 N–H and O–H groups in total. The second-order valence-electron chi connectivity index (χ2n) is 4.53. The SMILES string of the molecule is O=C(O)CCCc1ccccc1.[2H]c1cc([2H])c(C([2H])([2H])C([2H])([2H])C([2H])([2H])C(=O)O)c([2H])c1. The normalized spacial score (nSPS) is 16.9. The van der Waals surface area contributed by atoms with Crippen LogP contribution in [-0.2, 0) is 22.4 Å². The molecule has 0 fully saturated rings. The quantitative estimate of drug-likeness (QED) is 0.757. The van der Waals surface area contributed by atoms with Gasteiger partial charge in [-0.2, -0.15) is 0 Å². The second-order valence-corrected chi connectivity index (χ2v) is 4.53. The van der Waals surface area contributed by atoms with Crippen molar-refractivity contribution in [1.29, 1.82) is 0 Å². The number of aliphatic carboxylic acids is 2. The first-order valence-electron chi connectivity index (χ1n) is 11.6. The molecule has 0 heterocycles. The molecule has 0 radical (unpaired) electrons. The van der Waals surface area contributed by atoms with Gasteiger partial charge in [-0.05, 0) is 36.7 Å². The lowest BCUT2D eigenvalue weighted by Gasteiger charge is -1.97. The summed E-state index contributed by atoms with van der Waals surface area (Å²) in [5.74, 6) is -2.91. The van der Waals surface area contributed by atoms with Crippen molar-refractivity contribution in [3.63, 3.8) is 0 Å². The summed E-state index contributed by atoms with van der Waals surface area (Å²) >= 11 is 0. The molecule has 0 aliphatic heterocycles. The largest absolute Gasteiger partial charge is 0.481 e. The van der Waals surface area contributed by atoms with Crippen molar-refractivity contribution >= 4 is 11.9 Å². The number of rotatable bonds is 8. The molecule has 0 spiro atoms. The molecule has 0 unspecified atom stereocenters. The van der Waals surface area contributed by atoms with Crippen molar-refractivity contribution in [2.45, 2.75) is 38.4 Å². The lowest BCUT2D eigenvalue weighted by molar-refractivity contribution is -0.138. The molecule has 0 aromatic heterocycles. The Kier molecular flexibility index (Phi) is 4.76. The Bertz CT molecular complexity index is 956. The van der Waals surface area contributed by atoms with Gasteiger partial charge in [-0.1, -0.05) is 60.6 Å². The van der Waals surface area contributed by atoms with E-state index in [1.54, 1.807) is 0 Å². The summed E-state index contributed by atoms with van der Waals surface area (Å²) in [6.07, 6.45) is -8.53. The number of carboxylic acids is 2. The molecule has 2 rings (SSSR count). The van der Waals surface area contributed by atoms with Crippen LogP contribution in [0.5, 0.6) is 0 Å². The predicted molar refractivity (Wildman–Crippen MR) is 94.0 cm³/mol. The van der Waals surface area contributed by atoms with Crippen molar-refractivity contribution in [1.82, 2.24) is 0 Å². The van der Waals surface area contributed by atoms with Crippen molar-refractivity contribution < 1.29 is 32.1 Å². The standard InChI is InChI=1S/2C10H12O2/c2*11-10(12)8-4-7-9-5-2-1-3-6-9/h2*1-3,5-6H,4,7-8H2,(H,11,12)/i1D,4D2,5D,6D,7D2,8D2;. The van der Waals surface area contributed by atoms with E-state index in [0.29, 0.717) is 0 Å². The average molecular weight is 337 g/mol. The van der Waals surface area contributed by atoms with Crippen LogP contribution in [0.1, 0.15) is 49.1 Å². The van der Waals surface area contributed by atoms with Crippen molar-refractivity contribution in [3.8, 4) is 0 Å².